The second-order valence-electron chi connectivity index (χ2n) is 6.99. The highest BCUT2D eigenvalue weighted by Crippen LogP contribution is 2.30. The zero-order valence-corrected chi connectivity index (χ0v) is 19.6. The van der Waals surface area contributed by atoms with E-state index in [0.29, 0.717) is 6.54 Å². The molecule has 0 unspecified atom stereocenters. The molecule has 4 aromatic carbocycles. The Morgan fingerprint density at radius 3 is 1.68 bits per heavy atom. The number of benzene rings is 4. The molecule has 4 aromatic rings. The van der Waals surface area contributed by atoms with Crippen molar-refractivity contribution in [3.8, 4) is 0 Å². The summed E-state index contributed by atoms with van der Waals surface area (Å²) in [5.41, 5.74) is 6.45. The summed E-state index contributed by atoms with van der Waals surface area (Å²) in [6, 6.07) is 34.0. The maximum atomic E-state index is 10.4. The summed E-state index contributed by atoms with van der Waals surface area (Å²) in [5.74, 6) is 0. The van der Waals surface area contributed by atoms with Crippen LogP contribution in [0.3, 0.4) is 0 Å². The van der Waals surface area contributed by atoms with Crippen molar-refractivity contribution in [1.82, 2.24) is 0 Å². The zero-order chi connectivity index (χ0) is 24.6. The van der Waals surface area contributed by atoms with Gasteiger partial charge in [-0.15, -0.1) is 0 Å². The molecule has 0 saturated carbocycles. The predicted molar refractivity (Wildman–Crippen MR) is 130 cm³/mol. The Morgan fingerprint density at radius 1 is 0.735 bits per heavy atom. The van der Waals surface area contributed by atoms with Crippen LogP contribution in [0.2, 0.25) is 0 Å². The highest BCUT2D eigenvalue weighted by Gasteiger charge is 2.27. The highest BCUT2D eigenvalue weighted by atomic mass is 32.2. The molecule has 7 nitrogen and oxygen atoms in total. The Balaban J connectivity index is 0.000000215. The second-order valence-corrected chi connectivity index (χ2v) is 10.4. The Hall–Kier alpha value is -3.50. The van der Waals surface area contributed by atoms with Crippen LogP contribution < -0.4 is 5.73 Å². The van der Waals surface area contributed by atoms with Gasteiger partial charge in [-0.2, -0.15) is 0 Å². The molecule has 0 atom stereocenters. The van der Waals surface area contributed by atoms with E-state index in [4.69, 9.17) is 5.73 Å². The predicted octanol–water partition coefficient (Wildman–Crippen LogP) is 4.74. The largest absolute Gasteiger partial charge is 0.744 e. The van der Waals surface area contributed by atoms with E-state index in [1.165, 1.54) is 20.2 Å². The normalized spacial score (nSPS) is 10.9. The summed E-state index contributed by atoms with van der Waals surface area (Å²) in [5, 5.41) is 10.2. The summed E-state index contributed by atoms with van der Waals surface area (Å²) in [6.45, 7) is 0.588. The standard InChI is InChI=1S/C19H18NS.C6H5NO5S/c20-15-16-11-13-19(14-12-16)21(17-7-3-1-4-8-17)18-9-5-2-6-10-18;8-7(9)5-2-1-3-6(4-5)13(10,11)12/h1-14H,15,20H2;1-4H,(H,10,11,12)/q+1;/p-1. The molecule has 0 amide bonds. The van der Waals surface area contributed by atoms with Gasteiger partial charge in [0.1, 0.15) is 10.1 Å². The number of nitro benzene ring substituents is 1. The summed E-state index contributed by atoms with van der Waals surface area (Å²) >= 11 is 0. The fourth-order valence-electron chi connectivity index (χ4n) is 3.04. The van der Waals surface area contributed by atoms with Gasteiger partial charge >= 0.3 is 0 Å². The average Bonchev–Trinajstić information content (AvgIpc) is 2.86. The van der Waals surface area contributed by atoms with Gasteiger partial charge in [-0.25, -0.2) is 8.42 Å². The molecule has 0 radical (unpaired) electrons. The van der Waals surface area contributed by atoms with Crippen LogP contribution in [0.1, 0.15) is 5.56 Å². The molecule has 0 aliphatic carbocycles. The van der Waals surface area contributed by atoms with Crippen LogP contribution in [-0.2, 0) is 27.6 Å². The van der Waals surface area contributed by atoms with Crippen LogP contribution in [0, 0.1) is 10.1 Å². The molecule has 0 fully saturated rings. The van der Waals surface area contributed by atoms with E-state index < -0.39 is 25.6 Å². The van der Waals surface area contributed by atoms with E-state index in [1.807, 2.05) is 0 Å². The first-order valence-corrected chi connectivity index (χ1v) is 12.8. The molecule has 4 rings (SSSR count). The van der Waals surface area contributed by atoms with Crippen molar-refractivity contribution in [1.29, 1.82) is 0 Å². The number of nitrogens with zero attached hydrogens (tertiary/aromatic N) is 1. The molecule has 174 valence electrons. The quantitative estimate of drug-likeness (QED) is 0.179. The topological polar surface area (TPSA) is 126 Å². The smallest absolute Gasteiger partial charge is 0.270 e. The minimum absolute atomic E-state index is 0.0657. The lowest BCUT2D eigenvalue weighted by Gasteiger charge is -2.08. The molecule has 0 saturated heterocycles. The minimum Gasteiger partial charge on any atom is -0.744 e. The number of hydrogen-bond donors (Lipinski definition) is 1. The summed E-state index contributed by atoms with van der Waals surface area (Å²) in [7, 11) is -4.68. The van der Waals surface area contributed by atoms with E-state index in [2.05, 4.69) is 84.9 Å². The lowest BCUT2D eigenvalue weighted by Crippen LogP contribution is -2.05. The maximum absolute atomic E-state index is 10.4. The monoisotopic (exact) mass is 494 g/mol. The van der Waals surface area contributed by atoms with Crippen LogP contribution in [-0.4, -0.2) is 17.9 Å². The number of nitrogens with two attached hydrogens (primary N) is 1. The summed E-state index contributed by atoms with van der Waals surface area (Å²) in [4.78, 5) is 12.8. The van der Waals surface area contributed by atoms with Crippen molar-refractivity contribution in [2.75, 3.05) is 0 Å². The number of nitro groups is 1. The van der Waals surface area contributed by atoms with E-state index in [9.17, 15) is 23.1 Å². The van der Waals surface area contributed by atoms with Crippen LogP contribution in [0.25, 0.3) is 0 Å². The van der Waals surface area contributed by atoms with Crippen LogP contribution in [0.15, 0.2) is 129 Å². The molecule has 0 spiro atoms. The highest BCUT2D eigenvalue weighted by molar-refractivity contribution is 7.97. The van der Waals surface area contributed by atoms with Crippen molar-refractivity contribution in [3.63, 3.8) is 0 Å². The average molecular weight is 495 g/mol. The van der Waals surface area contributed by atoms with Crippen molar-refractivity contribution in [2.24, 2.45) is 5.73 Å². The lowest BCUT2D eigenvalue weighted by molar-refractivity contribution is -0.385. The van der Waals surface area contributed by atoms with Crippen LogP contribution >= 0.6 is 0 Å². The molecule has 0 bridgehead atoms. The van der Waals surface area contributed by atoms with Gasteiger partial charge in [0.2, 0.25) is 0 Å². The van der Waals surface area contributed by atoms with Crippen LogP contribution in [0.4, 0.5) is 5.69 Å². The van der Waals surface area contributed by atoms with Gasteiger partial charge in [0.05, 0.1) is 20.7 Å². The third-order valence-electron chi connectivity index (χ3n) is 4.67. The third kappa shape index (κ3) is 6.75. The van der Waals surface area contributed by atoms with E-state index in [0.717, 1.165) is 24.3 Å². The molecule has 0 aliphatic rings. The fourth-order valence-corrected chi connectivity index (χ4v) is 5.63. The van der Waals surface area contributed by atoms with Crippen molar-refractivity contribution < 1.29 is 17.9 Å². The van der Waals surface area contributed by atoms with Gasteiger partial charge in [-0.3, -0.25) is 10.1 Å². The van der Waals surface area contributed by atoms with E-state index >= 15 is 0 Å². The van der Waals surface area contributed by atoms with Crippen molar-refractivity contribution in [2.45, 2.75) is 26.1 Å². The van der Waals surface area contributed by atoms with Crippen LogP contribution in [0.5, 0.6) is 0 Å². The molecule has 9 heteroatoms. The maximum Gasteiger partial charge on any atom is 0.270 e. The summed E-state index contributed by atoms with van der Waals surface area (Å²) < 4.78 is 31.3. The van der Waals surface area contributed by atoms with E-state index in [1.54, 1.807) is 0 Å². The summed E-state index contributed by atoms with van der Waals surface area (Å²) in [6.07, 6.45) is 0. The number of non-ortho nitro benzene ring substituents is 1. The third-order valence-corrected chi connectivity index (χ3v) is 7.73. The van der Waals surface area contributed by atoms with Gasteiger partial charge in [0, 0.05) is 18.7 Å². The van der Waals surface area contributed by atoms with Gasteiger partial charge < -0.3 is 10.3 Å². The molecule has 2 N–H and O–H groups in total. The van der Waals surface area contributed by atoms with Gasteiger partial charge in [0.15, 0.2) is 14.7 Å². The second kappa shape index (κ2) is 11.6. The molecule has 0 heterocycles. The molecule has 34 heavy (non-hydrogen) atoms. The zero-order valence-electron chi connectivity index (χ0n) is 18.0. The van der Waals surface area contributed by atoms with Gasteiger partial charge in [-0.1, -0.05) is 54.6 Å². The Bertz CT molecular complexity index is 1290. The first-order chi connectivity index (χ1) is 16.3. The molecular formula is C25H22N2O5S2. The van der Waals surface area contributed by atoms with Crippen molar-refractivity contribution >= 4 is 26.7 Å². The molecule has 0 aromatic heterocycles. The Labute approximate surface area is 201 Å². The van der Waals surface area contributed by atoms with Gasteiger partial charge in [-0.05, 0) is 48.0 Å². The molecule has 0 aliphatic heterocycles. The Morgan fingerprint density at radius 2 is 1.24 bits per heavy atom. The lowest BCUT2D eigenvalue weighted by atomic mass is 10.2. The SMILES string of the molecule is NCc1ccc([S+](c2ccccc2)c2ccccc2)cc1.O=[N+]([O-])c1cccc(S(=O)(=O)[O-])c1. The molecular weight excluding hydrogens is 472 g/mol. The first-order valence-electron chi connectivity index (χ1n) is 10.1. The fraction of sp³-hybridized carbons (Fsp3) is 0.0400. The number of rotatable bonds is 6. The minimum atomic E-state index is -4.61. The number of hydrogen-bond acceptors (Lipinski definition) is 6. The van der Waals surface area contributed by atoms with Gasteiger partial charge in [0.25, 0.3) is 5.69 Å². The van der Waals surface area contributed by atoms with Crippen molar-refractivity contribution in [3.05, 3.63) is 125 Å². The van der Waals surface area contributed by atoms with E-state index in [-0.39, 0.29) is 10.9 Å². The Kier molecular flexibility index (Phi) is 8.55. The first kappa shape index (κ1) is 25.1.